The summed E-state index contributed by atoms with van der Waals surface area (Å²) in [6.07, 6.45) is -4.85. The number of hydrogen-bond acceptors (Lipinski definition) is 4. The molecule has 0 atom stereocenters. The number of carbonyl (C=O) groups is 2. The Morgan fingerprint density at radius 3 is 2.26 bits per heavy atom. The molecule has 144 valence electrons. The van der Waals surface area contributed by atoms with Crippen molar-refractivity contribution in [3.05, 3.63) is 59.2 Å². The van der Waals surface area contributed by atoms with Gasteiger partial charge in [-0.05, 0) is 29.3 Å². The molecule has 2 aromatic rings. The van der Waals surface area contributed by atoms with Gasteiger partial charge >= 0.3 is 11.5 Å². The second kappa shape index (κ2) is 8.30. The summed E-state index contributed by atoms with van der Waals surface area (Å²) in [7, 11) is 2.16. The smallest absolute Gasteiger partial charge is 0.417 e. The van der Waals surface area contributed by atoms with E-state index in [4.69, 9.17) is 21.1 Å². The maximum Gasteiger partial charge on any atom is 0.417 e. The number of amides is 2. The molecule has 0 N–H and O–H groups in total. The Balaban J connectivity index is 2.49. The van der Waals surface area contributed by atoms with E-state index in [1.54, 1.807) is 30.3 Å². The van der Waals surface area contributed by atoms with E-state index in [-0.39, 0.29) is 18.1 Å². The van der Waals surface area contributed by atoms with Crippen molar-refractivity contribution in [3.63, 3.8) is 0 Å². The van der Waals surface area contributed by atoms with Gasteiger partial charge in [-0.2, -0.15) is 13.2 Å². The molecule has 27 heavy (non-hydrogen) atoms. The lowest BCUT2D eigenvalue weighted by Gasteiger charge is -2.19. The van der Waals surface area contributed by atoms with Crippen molar-refractivity contribution in [1.82, 2.24) is 4.90 Å². The van der Waals surface area contributed by atoms with Crippen LogP contribution in [0.15, 0.2) is 42.5 Å². The van der Waals surface area contributed by atoms with Crippen molar-refractivity contribution in [2.75, 3.05) is 14.2 Å². The van der Waals surface area contributed by atoms with E-state index >= 15 is 0 Å². The lowest BCUT2D eigenvalue weighted by Crippen LogP contribution is -2.30. The number of rotatable bonds is 5. The molecule has 9 heteroatoms. The fourth-order valence-corrected chi connectivity index (χ4v) is 2.32. The fraction of sp³-hybridized carbons (Fsp3) is 0.222. The summed E-state index contributed by atoms with van der Waals surface area (Å²) in [5.41, 5.74) is -1.27. The molecule has 0 unspecified atom stereocenters. The molecule has 0 bridgehead atoms. The van der Waals surface area contributed by atoms with E-state index in [1.807, 2.05) is 0 Å². The van der Waals surface area contributed by atoms with Crippen LogP contribution in [0.2, 0.25) is 0 Å². The second-order valence-electron chi connectivity index (χ2n) is 5.44. The molecule has 0 aromatic heterocycles. The van der Waals surface area contributed by atoms with Crippen molar-refractivity contribution in [2.45, 2.75) is 12.8 Å². The van der Waals surface area contributed by atoms with Gasteiger partial charge in [-0.1, -0.05) is 30.3 Å². The van der Waals surface area contributed by atoms with E-state index in [9.17, 15) is 22.8 Å². The SMILES string of the molecule is COc1cc(C(F)(F)F)c(C(=O)N(C)C(=O)Cl)cc1OCc1ccccc1. The van der Waals surface area contributed by atoms with E-state index in [2.05, 4.69) is 0 Å². The van der Waals surface area contributed by atoms with Crippen LogP contribution < -0.4 is 9.47 Å². The first-order chi connectivity index (χ1) is 12.6. The lowest BCUT2D eigenvalue weighted by molar-refractivity contribution is -0.138. The summed E-state index contributed by atoms with van der Waals surface area (Å²) in [5.74, 6) is -1.49. The lowest BCUT2D eigenvalue weighted by atomic mass is 10.0. The molecule has 0 saturated heterocycles. The molecule has 0 fully saturated rings. The molecule has 0 saturated carbocycles. The van der Waals surface area contributed by atoms with Crippen LogP contribution >= 0.6 is 11.6 Å². The highest BCUT2D eigenvalue weighted by molar-refractivity contribution is 6.64. The summed E-state index contributed by atoms with van der Waals surface area (Å²) in [5, 5.41) is -1.21. The van der Waals surface area contributed by atoms with E-state index < -0.39 is 28.6 Å². The molecule has 0 spiro atoms. The molecule has 5 nitrogen and oxygen atoms in total. The molecule has 0 aliphatic heterocycles. The van der Waals surface area contributed by atoms with E-state index in [0.717, 1.165) is 18.7 Å². The van der Waals surface area contributed by atoms with Gasteiger partial charge < -0.3 is 9.47 Å². The second-order valence-corrected chi connectivity index (χ2v) is 5.76. The summed E-state index contributed by atoms with van der Waals surface area (Å²) >= 11 is 5.21. The van der Waals surface area contributed by atoms with Crippen LogP contribution in [0.3, 0.4) is 0 Å². The quantitative estimate of drug-likeness (QED) is 0.537. The largest absolute Gasteiger partial charge is 0.493 e. The van der Waals surface area contributed by atoms with Gasteiger partial charge in [0.1, 0.15) is 6.61 Å². The maximum atomic E-state index is 13.4. The van der Waals surface area contributed by atoms with Crippen LogP contribution in [0, 0.1) is 0 Å². The monoisotopic (exact) mass is 401 g/mol. The first-order valence-corrected chi connectivity index (χ1v) is 7.96. The number of benzene rings is 2. The Kier molecular flexibility index (Phi) is 6.32. The van der Waals surface area contributed by atoms with Gasteiger partial charge in [-0.3, -0.25) is 14.5 Å². The predicted molar refractivity (Wildman–Crippen MR) is 92.1 cm³/mol. The van der Waals surface area contributed by atoms with Crippen molar-refractivity contribution in [3.8, 4) is 11.5 Å². The molecular weight excluding hydrogens is 387 g/mol. The van der Waals surface area contributed by atoms with Crippen molar-refractivity contribution >= 4 is 22.9 Å². The maximum absolute atomic E-state index is 13.4. The first kappa shape index (κ1) is 20.6. The summed E-state index contributed by atoms with van der Waals surface area (Å²) < 4.78 is 50.7. The van der Waals surface area contributed by atoms with Gasteiger partial charge in [0.25, 0.3) is 5.91 Å². The number of nitrogens with zero attached hydrogens (tertiary/aromatic N) is 1. The average Bonchev–Trinajstić information content (AvgIpc) is 2.64. The van der Waals surface area contributed by atoms with Crippen LogP contribution in [0.5, 0.6) is 11.5 Å². The molecular formula is C18H15ClF3NO4. The summed E-state index contributed by atoms with van der Waals surface area (Å²) in [6, 6.07) is 10.4. The zero-order valence-corrected chi connectivity index (χ0v) is 15.1. The fourth-order valence-electron chi connectivity index (χ4n) is 2.24. The van der Waals surface area contributed by atoms with E-state index in [0.29, 0.717) is 11.0 Å². The highest BCUT2D eigenvalue weighted by Gasteiger charge is 2.38. The number of alkyl halides is 3. The third-order valence-electron chi connectivity index (χ3n) is 3.65. The van der Waals surface area contributed by atoms with Gasteiger partial charge in [0.2, 0.25) is 0 Å². The van der Waals surface area contributed by atoms with E-state index in [1.165, 1.54) is 7.11 Å². The van der Waals surface area contributed by atoms with Crippen molar-refractivity contribution in [1.29, 1.82) is 0 Å². The van der Waals surface area contributed by atoms with Crippen LogP contribution in [-0.2, 0) is 12.8 Å². The predicted octanol–water partition coefficient (Wildman–Crippen LogP) is 4.72. The van der Waals surface area contributed by atoms with Crippen LogP contribution in [0.1, 0.15) is 21.5 Å². The number of ether oxygens (including phenoxy) is 2. The van der Waals surface area contributed by atoms with Crippen molar-refractivity contribution < 1.29 is 32.2 Å². The Hall–Kier alpha value is -2.74. The summed E-state index contributed by atoms with van der Waals surface area (Å²) in [4.78, 5) is 23.9. The first-order valence-electron chi connectivity index (χ1n) is 7.58. The van der Waals surface area contributed by atoms with Gasteiger partial charge in [0.05, 0.1) is 18.2 Å². The zero-order chi connectivity index (χ0) is 20.2. The third-order valence-corrected chi connectivity index (χ3v) is 3.90. The Morgan fingerprint density at radius 1 is 1.11 bits per heavy atom. The third kappa shape index (κ3) is 4.91. The van der Waals surface area contributed by atoms with Crippen LogP contribution in [-0.4, -0.2) is 30.3 Å². The number of methoxy groups -OCH3 is 1. The minimum Gasteiger partial charge on any atom is -0.493 e. The molecule has 2 amide bonds. The van der Waals surface area contributed by atoms with Crippen LogP contribution in [0.4, 0.5) is 18.0 Å². The minimum absolute atomic E-state index is 0.0421. The van der Waals surface area contributed by atoms with Crippen LogP contribution in [0.25, 0.3) is 0 Å². The highest BCUT2D eigenvalue weighted by atomic mass is 35.5. The molecule has 0 aliphatic rings. The standard InChI is InChI=1S/C18H15ClF3NO4/c1-23(17(19)25)16(24)12-8-15(27-10-11-6-4-3-5-7-11)14(26-2)9-13(12)18(20,21)22/h3-9H,10H2,1-2H3. The molecule has 0 radical (unpaired) electrons. The Bertz CT molecular complexity index is 840. The Morgan fingerprint density at radius 2 is 1.74 bits per heavy atom. The number of hydrogen-bond donors (Lipinski definition) is 0. The molecule has 0 heterocycles. The highest BCUT2D eigenvalue weighted by Crippen LogP contribution is 2.40. The molecule has 2 rings (SSSR count). The number of carbonyl (C=O) groups excluding carboxylic acids is 2. The number of imide groups is 1. The molecule has 2 aromatic carbocycles. The summed E-state index contributed by atoms with van der Waals surface area (Å²) in [6.45, 7) is 0.0421. The van der Waals surface area contributed by atoms with Crippen molar-refractivity contribution in [2.24, 2.45) is 0 Å². The number of halogens is 4. The van der Waals surface area contributed by atoms with Gasteiger partial charge in [0.15, 0.2) is 11.5 Å². The molecule has 0 aliphatic carbocycles. The average molecular weight is 402 g/mol. The topological polar surface area (TPSA) is 55.8 Å². The Labute approximate surface area is 158 Å². The normalized spacial score (nSPS) is 11.0. The minimum atomic E-state index is -4.85. The van der Waals surface area contributed by atoms with Gasteiger partial charge in [-0.15, -0.1) is 0 Å². The van der Waals surface area contributed by atoms with Gasteiger partial charge in [-0.25, -0.2) is 0 Å². The zero-order valence-electron chi connectivity index (χ0n) is 14.3. The van der Waals surface area contributed by atoms with Gasteiger partial charge in [0, 0.05) is 7.05 Å².